The van der Waals surface area contributed by atoms with Gasteiger partial charge in [-0.3, -0.25) is 0 Å². The summed E-state index contributed by atoms with van der Waals surface area (Å²) in [5, 5.41) is 11.7. The van der Waals surface area contributed by atoms with Crippen molar-refractivity contribution in [3.8, 4) is 0 Å². The number of hydrogen-bond acceptors (Lipinski definition) is 1. The van der Waals surface area contributed by atoms with Crippen LogP contribution in [-0.4, -0.2) is 11.2 Å². The van der Waals surface area contributed by atoms with Crippen LogP contribution >= 0.6 is 23.2 Å². The Morgan fingerprint density at radius 1 is 1.26 bits per heavy atom. The third-order valence-electron chi connectivity index (χ3n) is 4.42. The van der Waals surface area contributed by atoms with Crippen LogP contribution in [-0.2, 0) is 6.42 Å². The lowest BCUT2D eigenvalue weighted by Gasteiger charge is -2.35. The van der Waals surface area contributed by atoms with Crippen LogP contribution in [0, 0.1) is 17.8 Å². The number of hydrogen-bond donors (Lipinski definition) is 1. The molecule has 1 N–H and O–H groups in total. The number of benzene rings is 1. The number of halogens is 2. The van der Waals surface area contributed by atoms with E-state index < -0.39 is 0 Å². The minimum Gasteiger partial charge on any atom is -0.393 e. The first-order valence-corrected chi connectivity index (χ1v) is 7.85. The van der Waals surface area contributed by atoms with Crippen molar-refractivity contribution < 1.29 is 5.11 Å². The van der Waals surface area contributed by atoms with E-state index in [1.54, 1.807) is 0 Å². The van der Waals surface area contributed by atoms with Crippen LogP contribution in [0.5, 0.6) is 0 Å². The smallest absolute Gasteiger partial charge is 0.0571 e. The van der Waals surface area contributed by atoms with E-state index in [1.165, 1.54) is 0 Å². The maximum Gasteiger partial charge on any atom is 0.0571 e. The summed E-state index contributed by atoms with van der Waals surface area (Å²) in [6.45, 7) is 4.54. The monoisotopic (exact) mass is 300 g/mol. The van der Waals surface area contributed by atoms with Gasteiger partial charge in [-0.05, 0) is 67.2 Å². The van der Waals surface area contributed by atoms with E-state index in [0.29, 0.717) is 22.8 Å². The second-order valence-corrected chi connectivity index (χ2v) is 6.93. The number of aliphatic hydroxyl groups is 1. The van der Waals surface area contributed by atoms with Gasteiger partial charge in [0.05, 0.1) is 6.10 Å². The predicted octanol–water partition coefficient (Wildman–Crippen LogP) is 4.97. The summed E-state index contributed by atoms with van der Waals surface area (Å²) in [6.07, 6.45) is 3.75. The fourth-order valence-corrected chi connectivity index (χ4v) is 3.48. The average molecular weight is 301 g/mol. The standard InChI is InChI=1S/C16H22Cl2O/c1-10(2)11-3-6-16(19)13(7-11)8-12-9-14(17)4-5-15(12)18/h4-5,9-11,13,16,19H,3,6-8H2,1-2H3. The van der Waals surface area contributed by atoms with E-state index in [1.807, 2.05) is 18.2 Å². The van der Waals surface area contributed by atoms with Crippen molar-refractivity contribution in [2.45, 2.75) is 45.6 Å². The zero-order valence-electron chi connectivity index (χ0n) is 11.6. The molecule has 1 fully saturated rings. The Kier molecular flexibility index (Phi) is 5.16. The van der Waals surface area contributed by atoms with Crippen LogP contribution in [0.2, 0.25) is 10.0 Å². The summed E-state index contributed by atoms with van der Waals surface area (Å²) in [6, 6.07) is 5.57. The number of aliphatic hydroxyl groups excluding tert-OH is 1. The normalized spacial score (nSPS) is 27.8. The Morgan fingerprint density at radius 3 is 2.68 bits per heavy atom. The molecule has 3 heteroatoms. The zero-order chi connectivity index (χ0) is 14.0. The Balaban J connectivity index is 2.09. The molecule has 0 saturated heterocycles. The summed E-state index contributed by atoms with van der Waals surface area (Å²) in [4.78, 5) is 0. The van der Waals surface area contributed by atoms with Crippen molar-refractivity contribution in [3.05, 3.63) is 33.8 Å². The van der Waals surface area contributed by atoms with Gasteiger partial charge in [0.25, 0.3) is 0 Å². The third-order valence-corrected chi connectivity index (χ3v) is 5.02. The molecule has 1 aromatic rings. The molecule has 0 heterocycles. The van der Waals surface area contributed by atoms with E-state index in [2.05, 4.69) is 13.8 Å². The SMILES string of the molecule is CC(C)C1CCC(O)C(Cc2cc(Cl)ccc2Cl)C1. The van der Waals surface area contributed by atoms with Gasteiger partial charge >= 0.3 is 0 Å². The topological polar surface area (TPSA) is 20.2 Å². The first-order valence-electron chi connectivity index (χ1n) is 7.09. The molecule has 0 spiro atoms. The molecule has 0 aliphatic heterocycles. The molecule has 0 bridgehead atoms. The highest BCUT2D eigenvalue weighted by Crippen LogP contribution is 2.36. The highest BCUT2D eigenvalue weighted by Gasteiger charge is 2.30. The summed E-state index contributed by atoms with van der Waals surface area (Å²) in [5.74, 6) is 1.70. The average Bonchev–Trinajstić information content (AvgIpc) is 2.36. The van der Waals surface area contributed by atoms with Crippen LogP contribution in [0.15, 0.2) is 18.2 Å². The summed E-state index contributed by atoms with van der Waals surface area (Å²) in [5.41, 5.74) is 1.06. The summed E-state index contributed by atoms with van der Waals surface area (Å²) >= 11 is 12.3. The van der Waals surface area contributed by atoms with Gasteiger partial charge in [0.2, 0.25) is 0 Å². The zero-order valence-corrected chi connectivity index (χ0v) is 13.1. The quantitative estimate of drug-likeness (QED) is 0.835. The second kappa shape index (κ2) is 6.47. The van der Waals surface area contributed by atoms with Crippen LogP contribution < -0.4 is 0 Å². The van der Waals surface area contributed by atoms with E-state index >= 15 is 0 Å². The van der Waals surface area contributed by atoms with E-state index in [9.17, 15) is 5.11 Å². The van der Waals surface area contributed by atoms with Crippen LogP contribution in [0.1, 0.15) is 38.7 Å². The second-order valence-electron chi connectivity index (χ2n) is 6.08. The maximum absolute atomic E-state index is 10.2. The molecule has 0 amide bonds. The Hall–Kier alpha value is -0.240. The molecule has 106 valence electrons. The van der Waals surface area contributed by atoms with Crippen LogP contribution in [0.3, 0.4) is 0 Å². The van der Waals surface area contributed by atoms with Crippen LogP contribution in [0.4, 0.5) is 0 Å². The molecule has 19 heavy (non-hydrogen) atoms. The maximum atomic E-state index is 10.2. The fourth-order valence-electron chi connectivity index (χ4n) is 3.09. The van der Waals surface area contributed by atoms with Gasteiger partial charge in [-0.2, -0.15) is 0 Å². The van der Waals surface area contributed by atoms with E-state index in [-0.39, 0.29) is 6.10 Å². The van der Waals surface area contributed by atoms with Gasteiger partial charge in [-0.25, -0.2) is 0 Å². The molecule has 2 rings (SSSR count). The van der Waals surface area contributed by atoms with Gasteiger partial charge in [-0.1, -0.05) is 37.0 Å². The molecule has 1 aliphatic carbocycles. The van der Waals surface area contributed by atoms with Crippen molar-refractivity contribution in [1.29, 1.82) is 0 Å². The Morgan fingerprint density at radius 2 is 2.00 bits per heavy atom. The van der Waals surface area contributed by atoms with Crippen molar-refractivity contribution >= 4 is 23.2 Å². The molecule has 1 nitrogen and oxygen atoms in total. The molecule has 0 radical (unpaired) electrons. The molecule has 1 aliphatic rings. The lowest BCUT2D eigenvalue weighted by atomic mass is 9.73. The van der Waals surface area contributed by atoms with Crippen molar-refractivity contribution in [2.24, 2.45) is 17.8 Å². The number of rotatable bonds is 3. The molecule has 1 aromatic carbocycles. The largest absolute Gasteiger partial charge is 0.393 e. The van der Waals surface area contributed by atoms with E-state index in [4.69, 9.17) is 23.2 Å². The highest BCUT2D eigenvalue weighted by molar-refractivity contribution is 6.33. The predicted molar refractivity (Wildman–Crippen MR) is 81.8 cm³/mol. The summed E-state index contributed by atoms with van der Waals surface area (Å²) in [7, 11) is 0. The minimum absolute atomic E-state index is 0.204. The van der Waals surface area contributed by atoms with Gasteiger partial charge in [0.1, 0.15) is 0 Å². The molecular weight excluding hydrogens is 279 g/mol. The van der Waals surface area contributed by atoms with Gasteiger partial charge in [-0.15, -0.1) is 0 Å². The minimum atomic E-state index is -0.204. The summed E-state index contributed by atoms with van der Waals surface area (Å²) < 4.78 is 0. The highest BCUT2D eigenvalue weighted by atomic mass is 35.5. The van der Waals surface area contributed by atoms with Crippen molar-refractivity contribution in [3.63, 3.8) is 0 Å². The van der Waals surface area contributed by atoms with Crippen molar-refractivity contribution in [2.75, 3.05) is 0 Å². The van der Waals surface area contributed by atoms with Crippen molar-refractivity contribution in [1.82, 2.24) is 0 Å². The fraction of sp³-hybridized carbons (Fsp3) is 0.625. The lowest BCUT2D eigenvalue weighted by molar-refractivity contribution is 0.0379. The molecule has 3 atom stereocenters. The molecule has 1 saturated carbocycles. The Bertz CT molecular complexity index is 431. The molecule has 3 unspecified atom stereocenters. The lowest BCUT2D eigenvalue weighted by Crippen LogP contribution is -2.32. The van der Waals surface area contributed by atoms with Gasteiger partial charge in [0, 0.05) is 10.0 Å². The first kappa shape index (κ1) is 15.2. The molecular formula is C16H22Cl2O. The van der Waals surface area contributed by atoms with Gasteiger partial charge in [0.15, 0.2) is 0 Å². The van der Waals surface area contributed by atoms with Crippen LogP contribution in [0.25, 0.3) is 0 Å². The third kappa shape index (κ3) is 3.87. The van der Waals surface area contributed by atoms with Gasteiger partial charge < -0.3 is 5.11 Å². The molecule has 0 aromatic heterocycles. The van der Waals surface area contributed by atoms with E-state index in [0.717, 1.165) is 36.3 Å². The Labute approximate surface area is 125 Å². The first-order chi connectivity index (χ1) is 8.97.